The number of amides is 1. The largest absolute Gasteiger partial charge is 0.543 e. The number of hydrogen-bond donors (Lipinski definition) is 0. The van der Waals surface area contributed by atoms with E-state index in [1.165, 1.54) is 5.56 Å². The van der Waals surface area contributed by atoms with Crippen molar-refractivity contribution < 1.29 is 18.7 Å². The lowest BCUT2D eigenvalue weighted by atomic mass is 9.79. The number of carbonyl (C=O) groups is 1. The maximum absolute atomic E-state index is 12.6. The minimum Gasteiger partial charge on any atom is -0.543 e. The summed E-state index contributed by atoms with van der Waals surface area (Å²) in [6.07, 6.45) is 3.46. The molecule has 1 aromatic carbocycles. The van der Waals surface area contributed by atoms with Crippen molar-refractivity contribution in [3.05, 3.63) is 23.8 Å². The van der Waals surface area contributed by atoms with Gasteiger partial charge in [-0.1, -0.05) is 27.7 Å². The van der Waals surface area contributed by atoms with Crippen molar-refractivity contribution in [3.8, 4) is 11.5 Å². The Morgan fingerprint density at radius 2 is 1.81 bits per heavy atom. The highest BCUT2D eigenvalue weighted by Gasteiger charge is 2.43. The second-order valence-electron chi connectivity index (χ2n) is 12.3. The quantitative estimate of drug-likeness (QED) is 0.440. The molecular weight excluding hydrogens is 418 g/mol. The first-order chi connectivity index (χ1) is 14.6. The number of nitrogens with zero attached hydrogens (tertiary/aromatic N) is 1. The maximum Gasteiger partial charge on any atom is 0.410 e. The molecule has 2 heterocycles. The number of benzene rings is 1. The molecule has 1 fully saturated rings. The van der Waals surface area contributed by atoms with Gasteiger partial charge in [0.2, 0.25) is 8.32 Å². The summed E-state index contributed by atoms with van der Waals surface area (Å²) in [6, 6.07) is 6.34. The number of likely N-dealkylation sites (tertiary alicyclic amines) is 1. The van der Waals surface area contributed by atoms with Gasteiger partial charge in [0.05, 0.1) is 0 Å². The zero-order valence-corrected chi connectivity index (χ0v) is 22.6. The van der Waals surface area contributed by atoms with Crippen LogP contribution < -0.4 is 9.16 Å². The first kappa shape index (κ1) is 24.9. The molecule has 1 aromatic rings. The smallest absolute Gasteiger partial charge is 0.410 e. The van der Waals surface area contributed by atoms with Crippen LogP contribution in [0.2, 0.25) is 18.1 Å². The van der Waals surface area contributed by atoms with Gasteiger partial charge >= 0.3 is 6.09 Å². The van der Waals surface area contributed by atoms with E-state index in [1.807, 2.05) is 25.7 Å². The van der Waals surface area contributed by atoms with Crippen LogP contribution in [0.5, 0.6) is 11.5 Å². The van der Waals surface area contributed by atoms with Gasteiger partial charge in [-0.3, -0.25) is 0 Å². The van der Waals surface area contributed by atoms with E-state index in [1.54, 1.807) is 0 Å². The number of rotatable bonds is 2. The molecule has 0 bridgehead atoms. The van der Waals surface area contributed by atoms with E-state index in [0.717, 1.165) is 43.7 Å². The van der Waals surface area contributed by atoms with Crippen molar-refractivity contribution in [2.75, 3.05) is 13.1 Å². The fourth-order valence-corrected chi connectivity index (χ4v) is 5.46. The molecule has 0 aliphatic carbocycles. The van der Waals surface area contributed by atoms with E-state index < -0.39 is 13.9 Å². The van der Waals surface area contributed by atoms with Crippen LogP contribution in [0.1, 0.15) is 85.6 Å². The number of carbonyl (C=O) groups excluding carboxylic acids is 1. The minimum atomic E-state index is -1.88. The molecule has 0 aromatic heterocycles. The molecule has 32 heavy (non-hydrogen) atoms. The highest BCUT2D eigenvalue weighted by Crippen LogP contribution is 2.47. The van der Waals surface area contributed by atoms with Gasteiger partial charge in [-0.25, -0.2) is 4.79 Å². The van der Waals surface area contributed by atoms with Crippen LogP contribution in [0.15, 0.2) is 18.2 Å². The third-order valence-corrected chi connectivity index (χ3v) is 11.6. The van der Waals surface area contributed by atoms with Crippen LogP contribution in [0.3, 0.4) is 0 Å². The highest BCUT2D eigenvalue weighted by atomic mass is 28.4. The molecule has 2 aliphatic heterocycles. The Balaban J connectivity index is 1.73. The normalized spacial score (nSPS) is 24.4. The van der Waals surface area contributed by atoms with E-state index in [9.17, 15) is 4.79 Å². The molecule has 5 nitrogen and oxygen atoms in total. The Morgan fingerprint density at radius 3 is 2.44 bits per heavy atom. The van der Waals surface area contributed by atoms with Crippen molar-refractivity contribution in [2.24, 2.45) is 0 Å². The van der Waals surface area contributed by atoms with E-state index in [-0.39, 0.29) is 16.7 Å². The molecule has 180 valence electrons. The summed E-state index contributed by atoms with van der Waals surface area (Å²) in [7, 11) is -1.88. The summed E-state index contributed by atoms with van der Waals surface area (Å²) in [6.45, 7) is 20.8. The topological polar surface area (TPSA) is 48.0 Å². The van der Waals surface area contributed by atoms with Crippen LogP contribution in [0.4, 0.5) is 4.79 Å². The molecule has 1 amide bonds. The summed E-state index contributed by atoms with van der Waals surface area (Å²) in [5, 5.41) is 0.162. The predicted octanol–water partition coefficient (Wildman–Crippen LogP) is 7.12. The van der Waals surface area contributed by atoms with Gasteiger partial charge in [-0.05, 0) is 82.3 Å². The molecule has 2 aliphatic rings. The van der Waals surface area contributed by atoms with E-state index in [0.29, 0.717) is 12.5 Å². The maximum atomic E-state index is 12.6. The predicted molar refractivity (Wildman–Crippen MR) is 132 cm³/mol. The third kappa shape index (κ3) is 5.62. The third-order valence-electron chi connectivity index (χ3n) is 7.25. The van der Waals surface area contributed by atoms with E-state index in [2.05, 4.69) is 59.0 Å². The summed E-state index contributed by atoms with van der Waals surface area (Å²) in [5.41, 5.74) is 0.547. The van der Waals surface area contributed by atoms with E-state index >= 15 is 0 Å². The first-order valence-corrected chi connectivity index (χ1v) is 15.0. The number of fused-ring (bicyclic) bond motifs is 1. The summed E-state index contributed by atoms with van der Waals surface area (Å²) in [5.74, 6) is 2.31. The van der Waals surface area contributed by atoms with Crippen LogP contribution in [-0.4, -0.2) is 43.6 Å². The highest BCUT2D eigenvalue weighted by molar-refractivity contribution is 6.74. The zero-order valence-electron chi connectivity index (χ0n) is 21.6. The van der Waals surface area contributed by atoms with Gasteiger partial charge in [0, 0.05) is 25.1 Å². The molecule has 0 saturated carbocycles. The van der Waals surface area contributed by atoms with Crippen LogP contribution in [-0.2, 0) is 4.74 Å². The molecule has 0 radical (unpaired) electrons. The second kappa shape index (κ2) is 8.58. The fourth-order valence-electron chi connectivity index (χ4n) is 4.44. The van der Waals surface area contributed by atoms with Gasteiger partial charge in [0.1, 0.15) is 22.7 Å². The average Bonchev–Trinajstić information content (AvgIpc) is 2.82. The Hall–Kier alpha value is -1.69. The van der Waals surface area contributed by atoms with Gasteiger partial charge < -0.3 is 18.8 Å². The summed E-state index contributed by atoms with van der Waals surface area (Å²) < 4.78 is 18.8. The molecule has 1 spiro atoms. The lowest BCUT2D eigenvalue weighted by Gasteiger charge is -2.42. The molecule has 3 rings (SSSR count). The Kier molecular flexibility index (Phi) is 6.69. The van der Waals surface area contributed by atoms with Crippen molar-refractivity contribution in [1.82, 2.24) is 4.90 Å². The monoisotopic (exact) mass is 461 g/mol. The molecule has 2 unspecified atom stereocenters. The van der Waals surface area contributed by atoms with Crippen molar-refractivity contribution in [3.63, 3.8) is 0 Å². The van der Waals surface area contributed by atoms with Crippen LogP contribution >= 0.6 is 0 Å². The van der Waals surface area contributed by atoms with Crippen molar-refractivity contribution in [2.45, 2.75) is 109 Å². The first-order valence-electron chi connectivity index (χ1n) is 12.1. The number of hydrogen-bond acceptors (Lipinski definition) is 4. The molecular formula is C26H43NO4Si. The average molecular weight is 462 g/mol. The van der Waals surface area contributed by atoms with Gasteiger partial charge in [0.25, 0.3) is 0 Å². The number of ether oxygens (including phenoxy) is 2. The van der Waals surface area contributed by atoms with Gasteiger partial charge in [-0.2, -0.15) is 0 Å². The fraction of sp³-hybridized carbons (Fsp3) is 0.731. The summed E-state index contributed by atoms with van der Waals surface area (Å²) >= 11 is 0. The van der Waals surface area contributed by atoms with Crippen molar-refractivity contribution >= 4 is 14.4 Å². The van der Waals surface area contributed by atoms with Gasteiger partial charge in [-0.15, -0.1) is 0 Å². The Labute approximate surface area is 195 Å². The Bertz CT molecular complexity index is 839. The van der Waals surface area contributed by atoms with Gasteiger partial charge in [0.15, 0.2) is 0 Å². The molecule has 0 N–H and O–H groups in total. The molecule has 1 saturated heterocycles. The zero-order chi connectivity index (χ0) is 23.9. The molecule has 6 heteroatoms. The Morgan fingerprint density at radius 1 is 1.12 bits per heavy atom. The lowest BCUT2D eigenvalue weighted by molar-refractivity contribution is 0.0143. The molecule has 2 atom stereocenters. The standard InChI is InChI=1S/C26H43NO4Si/c1-19-18-26(13-10-15-27(16-14-26)23(28)30-24(2,3)4)29-22-12-11-20(17-21(19)22)31-32(8,9)25(5,6)7/h11-12,17,19H,10,13-16,18H2,1-9H3. The minimum absolute atomic E-state index is 0.162. The van der Waals surface area contributed by atoms with Crippen molar-refractivity contribution in [1.29, 1.82) is 0 Å². The lowest BCUT2D eigenvalue weighted by Crippen LogP contribution is -2.44. The van der Waals surface area contributed by atoms with Crippen LogP contribution in [0, 0.1) is 0 Å². The van der Waals surface area contributed by atoms with Crippen LogP contribution in [0.25, 0.3) is 0 Å². The SMILES string of the molecule is CC1CC2(CCCN(C(=O)OC(C)(C)C)CC2)Oc2ccc(O[Si](C)(C)C(C)(C)C)cc21. The summed E-state index contributed by atoms with van der Waals surface area (Å²) in [4.78, 5) is 14.4. The van der Waals surface area contributed by atoms with E-state index in [4.69, 9.17) is 13.9 Å². The second-order valence-corrected chi connectivity index (χ2v) is 17.0.